The van der Waals surface area contributed by atoms with Crippen molar-refractivity contribution >= 4 is 17.7 Å². The number of rotatable bonds is 3. The van der Waals surface area contributed by atoms with Crippen molar-refractivity contribution in [2.24, 2.45) is 5.92 Å². The van der Waals surface area contributed by atoms with Gasteiger partial charge in [-0.1, -0.05) is 6.07 Å². The Morgan fingerprint density at radius 3 is 2.71 bits per heavy atom. The molecule has 1 aromatic rings. The first kappa shape index (κ1) is 12.4. The van der Waals surface area contributed by atoms with Crippen LogP contribution in [-0.2, 0) is 9.53 Å². The number of thioether (sulfide) groups is 1. The minimum atomic E-state index is -0.0497. The first-order chi connectivity index (χ1) is 8.29. The Hall–Kier alpha value is -1.03. The summed E-state index contributed by atoms with van der Waals surface area (Å²) in [5, 5.41) is 1.67. The monoisotopic (exact) mass is 251 g/mol. The largest absolute Gasteiger partial charge is 0.469 e. The summed E-state index contributed by atoms with van der Waals surface area (Å²) >= 11 is 1.82. The second-order valence-electron chi connectivity index (χ2n) is 4.28. The van der Waals surface area contributed by atoms with Crippen molar-refractivity contribution in [1.82, 2.24) is 4.98 Å². The molecule has 0 unspecified atom stereocenters. The van der Waals surface area contributed by atoms with Crippen LogP contribution >= 0.6 is 11.8 Å². The van der Waals surface area contributed by atoms with E-state index >= 15 is 0 Å². The number of esters is 1. The van der Waals surface area contributed by atoms with Gasteiger partial charge in [-0.15, -0.1) is 11.8 Å². The number of hydrogen-bond acceptors (Lipinski definition) is 4. The highest BCUT2D eigenvalue weighted by Gasteiger charge is 2.27. The molecule has 0 saturated heterocycles. The third-order valence-corrected chi connectivity index (χ3v) is 4.42. The summed E-state index contributed by atoms with van der Waals surface area (Å²) in [4.78, 5) is 15.7. The van der Waals surface area contributed by atoms with E-state index in [0.29, 0.717) is 5.25 Å². The number of methoxy groups -OCH3 is 1. The number of hydrogen-bond donors (Lipinski definition) is 0. The summed E-state index contributed by atoms with van der Waals surface area (Å²) < 4.78 is 4.79. The van der Waals surface area contributed by atoms with Gasteiger partial charge in [0.1, 0.15) is 0 Å². The van der Waals surface area contributed by atoms with Crippen LogP contribution < -0.4 is 0 Å². The van der Waals surface area contributed by atoms with Crippen LogP contribution in [0.2, 0.25) is 0 Å². The third kappa shape index (κ3) is 3.46. The highest BCUT2D eigenvalue weighted by molar-refractivity contribution is 7.99. The zero-order valence-electron chi connectivity index (χ0n) is 9.96. The fourth-order valence-electron chi connectivity index (χ4n) is 2.17. The Labute approximate surface area is 106 Å². The second kappa shape index (κ2) is 6.05. The van der Waals surface area contributed by atoms with Crippen molar-refractivity contribution in [3.05, 3.63) is 24.4 Å². The molecule has 4 heteroatoms. The smallest absolute Gasteiger partial charge is 0.308 e. The zero-order chi connectivity index (χ0) is 12.1. The molecule has 1 saturated carbocycles. The van der Waals surface area contributed by atoms with Gasteiger partial charge in [-0.3, -0.25) is 4.79 Å². The van der Waals surface area contributed by atoms with Crippen LogP contribution in [0.3, 0.4) is 0 Å². The summed E-state index contributed by atoms with van der Waals surface area (Å²) in [5.41, 5.74) is 0. The fraction of sp³-hybridized carbons (Fsp3) is 0.538. The molecule has 0 spiro atoms. The van der Waals surface area contributed by atoms with Crippen LogP contribution in [0.4, 0.5) is 0 Å². The minimum Gasteiger partial charge on any atom is -0.469 e. The Balaban J connectivity index is 1.82. The van der Waals surface area contributed by atoms with Crippen LogP contribution in [0.25, 0.3) is 0 Å². The average Bonchev–Trinajstić information content (AvgIpc) is 2.40. The van der Waals surface area contributed by atoms with Gasteiger partial charge in [0.15, 0.2) is 0 Å². The van der Waals surface area contributed by atoms with E-state index in [1.807, 2.05) is 36.2 Å². The Morgan fingerprint density at radius 1 is 1.35 bits per heavy atom. The number of carbonyl (C=O) groups is 1. The molecule has 0 amide bonds. The molecule has 3 nitrogen and oxygen atoms in total. The van der Waals surface area contributed by atoms with Gasteiger partial charge >= 0.3 is 5.97 Å². The van der Waals surface area contributed by atoms with E-state index in [0.717, 1.165) is 30.7 Å². The standard InChI is InChI=1S/C13H17NO2S/c1-16-13(15)10-5-7-11(8-6-10)17-12-4-2-3-9-14-12/h2-4,9-11H,5-8H2,1H3. The summed E-state index contributed by atoms with van der Waals surface area (Å²) in [6.45, 7) is 0. The quantitative estimate of drug-likeness (QED) is 0.774. The minimum absolute atomic E-state index is 0.0497. The van der Waals surface area contributed by atoms with Crippen LogP contribution in [0.5, 0.6) is 0 Å². The van der Waals surface area contributed by atoms with Crippen LogP contribution in [-0.4, -0.2) is 23.3 Å². The maximum atomic E-state index is 11.4. The van der Waals surface area contributed by atoms with Crippen molar-refractivity contribution < 1.29 is 9.53 Å². The molecule has 0 radical (unpaired) electrons. The predicted molar refractivity (Wildman–Crippen MR) is 67.9 cm³/mol. The Morgan fingerprint density at radius 2 is 2.12 bits per heavy atom. The van der Waals surface area contributed by atoms with Gasteiger partial charge in [0.2, 0.25) is 0 Å². The average molecular weight is 251 g/mol. The molecule has 1 aliphatic rings. The van der Waals surface area contributed by atoms with E-state index in [2.05, 4.69) is 4.98 Å². The molecule has 92 valence electrons. The maximum absolute atomic E-state index is 11.4. The Kier molecular flexibility index (Phi) is 4.42. The molecule has 1 fully saturated rings. The number of carbonyl (C=O) groups excluding carboxylic acids is 1. The lowest BCUT2D eigenvalue weighted by Gasteiger charge is -2.26. The number of ether oxygens (including phenoxy) is 1. The molecule has 1 heterocycles. The highest BCUT2D eigenvalue weighted by Crippen LogP contribution is 2.35. The summed E-state index contributed by atoms with van der Waals surface area (Å²) in [7, 11) is 1.47. The summed E-state index contributed by atoms with van der Waals surface area (Å²) in [6.07, 6.45) is 5.85. The maximum Gasteiger partial charge on any atom is 0.308 e. The fourth-order valence-corrected chi connectivity index (χ4v) is 3.30. The molecule has 1 aromatic heterocycles. The van der Waals surface area contributed by atoms with E-state index in [-0.39, 0.29) is 11.9 Å². The predicted octanol–water partition coefficient (Wildman–Crippen LogP) is 2.91. The molecule has 2 rings (SSSR count). The van der Waals surface area contributed by atoms with E-state index in [1.54, 1.807) is 0 Å². The van der Waals surface area contributed by atoms with Crippen molar-refractivity contribution in [3.8, 4) is 0 Å². The van der Waals surface area contributed by atoms with Crippen LogP contribution in [0.1, 0.15) is 25.7 Å². The van der Waals surface area contributed by atoms with Crippen molar-refractivity contribution in [1.29, 1.82) is 0 Å². The van der Waals surface area contributed by atoms with Crippen molar-refractivity contribution in [3.63, 3.8) is 0 Å². The van der Waals surface area contributed by atoms with Crippen LogP contribution in [0, 0.1) is 5.92 Å². The second-order valence-corrected chi connectivity index (χ2v) is 5.60. The molecule has 0 N–H and O–H groups in total. The van der Waals surface area contributed by atoms with Gasteiger partial charge in [-0.2, -0.15) is 0 Å². The van der Waals surface area contributed by atoms with Crippen LogP contribution in [0.15, 0.2) is 29.4 Å². The van der Waals surface area contributed by atoms with Gasteiger partial charge in [-0.05, 0) is 37.8 Å². The first-order valence-corrected chi connectivity index (χ1v) is 6.83. The van der Waals surface area contributed by atoms with Gasteiger partial charge in [0.25, 0.3) is 0 Å². The zero-order valence-corrected chi connectivity index (χ0v) is 10.8. The molecular formula is C13H17NO2S. The van der Waals surface area contributed by atoms with Gasteiger partial charge in [0.05, 0.1) is 18.1 Å². The lowest BCUT2D eigenvalue weighted by atomic mass is 9.89. The highest BCUT2D eigenvalue weighted by atomic mass is 32.2. The molecule has 0 aliphatic heterocycles. The van der Waals surface area contributed by atoms with Crippen molar-refractivity contribution in [2.45, 2.75) is 36.0 Å². The first-order valence-electron chi connectivity index (χ1n) is 5.95. The lowest BCUT2D eigenvalue weighted by Crippen LogP contribution is -2.23. The van der Waals surface area contributed by atoms with Gasteiger partial charge < -0.3 is 4.74 Å². The molecule has 0 atom stereocenters. The van der Waals surface area contributed by atoms with E-state index < -0.39 is 0 Å². The van der Waals surface area contributed by atoms with Gasteiger partial charge in [0, 0.05) is 11.4 Å². The normalized spacial score (nSPS) is 24.3. The SMILES string of the molecule is COC(=O)C1CCC(Sc2ccccn2)CC1. The third-order valence-electron chi connectivity index (χ3n) is 3.13. The van der Waals surface area contributed by atoms with Gasteiger partial charge in [-0.25, -0.2) is 4.98 Å². The van der Waals surface area contributed by atoms with E-state index in [1.165, 1.54) is 7.11 Å². The van der Waals surface area contributed by atoms with Crippen molar-refractivity contribution in [2.75, 3.05) is 7.11 Å². The number of nitrogens with zero attached hydrogens (tertiary/aromatic N) is 1. The summed E-state index contributed by atoms with van der Waals surface area (Å²) in [6, 6.07) is 5.98. The molecule has 0 aromatic carbocycles. The molecule has 17 heavy (non-hydrogen) atoms. The molecule has 0 bridgehead atoms. The Bertz CT molecular complexity index is 361. The molecule has 1 aliphatic carbocycles. The molecular weight excluding hydrogens is 234 g/mol. The topological polar surface area (TPSA) is 39.2 Å². The summed E-state index contributed by atoms with van der Waals surface area (Å²) in [5.74, 6) is 0.0619. The number of aromatic nitrogens is 1. The number of pyridine rings is 1. The lowest BCUT2D eigenvalue weighted by molar-refractivity contribution is -0.146. The van der Waals surface area contributed by atoms with E-state index in [4.69, 9.17) is 4.74 Å². The van der Waals surface area contributed by atoms with E-state index in [9.17, 15) is 4.79 Å².